The van der Waals surface area contributed by atoms with Crippen molar-refractivity contribution in [1.82, 2.24) is 9.97 Å². The van der Waals surface area contributed by atoms with Gasteiger partial charge in [0.15, 0.2) is 11.6 Å². The van der Waals surface area contributed by atoms with Gasteiger partial charge in [-0.25, -0.2) is 13.8 Å². The average molecular weight is 317 g/mol. The molecule has 6 heteroatoms. The topological polar surface area (TPSA) is 38.2 Å². The normalized spacial score (nSPS) is 14.7. The van der Waals surface area contributed by atoms with Crippen LogP contribution < -0.4 is 9.64 Å². The lowest BCUT2D eigenvalue weighted by atomic mass is 10.0. The number of benzene rings is 1. The highest BCUT2D eigenvalue weighted by molar-refractivity contribution is 5.54. The first-order chi connectivity index (χ1) is 11.2. The van der Waals surface area contributed by atoms with Gasteiger partial charge in [0.25, 0.3) is 0 Å². The van der Waals surface area contributed by atoms with Crippen LogP contribution in [0.15, 0.2) is 36.0 Å². The number of aromatic nitrogens is 2. The zero-order chi connectivity index (χ0) is 16.2. The largest absolute Gasteiger partial charge is 0.481 e. The number of hydrogen-bond donors (Lipinski definition) is 0. The molecule has 1 aromatic heterocycles. The summed E-state index contributed by atoms with van der Waals surface area (Å²) in [5.41, 5.74) is 1.89. The van der Waals surface area contributed by atoms with Crippen molar-refractivity contribution in [2.24, 2.45) is 0 Å². The van der Waals surface area contributed by atoms with Gasteiger partial charge in [-0.05, 0) is 30.5 Å². The molecule has 0 atom stereocenters. The van der Waals surface area contributed by atoms with Gasteiger partial charge >= 0.3 is 0 Å². The summed E-state index contributed by atoms with van der Waals surface area (Å²) in [5.74, 6) is -0.451. The quantitative estimate of drug-likeness (QED) is 0.869. The predicted octanol–water partition coefficient (Wildman–Crippen LogP) is 3.45. The molecule has 0 bridgehead atoms. The molecular weight excluding hydrogens is 300 g/mol. The Kier molecular flexibility index (Phi) is 4.50. The Labute approximate surface area is 133 Å². The fourth-order valence-electron chi connectivity index (χ4n) is 2.57. The van der Waals surface area contributed by atoms with Crippen molar-refractivity contribution in [2.75, 3.05) is 25.1 Å². The molecule has 0 spiro atoms. The minimum atomic E-state index is -0.822. The van der Waals surface area contributed by atoms with E-state index in [1.165, 1.54) is 11.6 Å². The van der Waals surface area contributed by atoms with Gasteiger partial charge in [-0.3, -0.25) is 0 Å². The van der Waals surface area contributed by atoms with E-state index in [0.29, 0.717) is 17.4 Å². The van der Waals surface area contributed by atoms with E-state index in [2.05, 4.69) is 14.9 Å². The van der Waals surface area contributed by atoms with Crippen LogP contribution >= 0.6 is 0 Å². The number of piperidine rings is 1. The Morgan fingerprint density at radius 3 is 2.61 bits per heavy atom. The van der Waals surface area contributed by atoms with E-state index in [0.717, 1.165) is 32.0 Å². The summed E-state index contributed by atoms with van der Waals surface area (Å²) in [5, 5.41) is 0. The van der Waals surface area contributed by atoms with Gasteiger partial charge in [0.2, 0.25) is 11.8 Å². The van der Waals surface area contributed by atoms with Crippen LogP contribution in [-0.4, -0.2) is 30.2 Å². The molecule has 0 radical (unpaired) electrons. The fourth-order valence-corrected chi connectivity index (χ4v) is 2.57. The first-order valence-corrected chi connectivity index (χ1v) is 7.42. The first-order valence-electron chi connectivity index (χ1n) is 7.42. The molecule has 0 saturated carbocycles. The van der Waals surface area contributed by atoms with Gasteiger partial charge < -0.3 is 9.64 Å². The summed E-state index contributed by atoms with van der Waals surface area (Å²) in [6.45, 7) is 1.56. The Hall–Kier alpha value is -2.50. The number of hydrogen-bond acceptors (Lipinski definition) is 4. The molecule has 2 heterocycles. The van der Waals surface area contributed by atoms with Crippen molar-refractivity contribution >= 4 is 12.0 Å². The summed E-state index contributed by atoms with van der Waals surface area (Å²) in [4.78, 5) is 10.7. The Balaban J connectivity index is 1.67. The van der Waals surface area contributed by atoms with Gasteiger partial charge in [0.05, 0.1) is 7.11 Å². The lowest BCUT2D eigenvalue weighted by Gasteiger charge is -2.28. The summed E-state index contributed by atoms with van der Waals surface area (Å²) < 4.78 is 31.3. The van der Waals surface area contributed by atoms with E-state index < -0.39 is 11.6 Å². The van der Waals surface area contributed by atoms with E-state index in [9.17, 15) is 8.78 Å². The van der Waals surface area contributed by atoms with E-state index in [-0.39, 0.29) is 0 Å². The van der Waals surface area contributed by atoms with Crippen molar-refractivity contribution in [2.45, 2.75) is 12.8 Å². The summed E-state index contributed by atoms with van der Waals surface area (Å²) in [6.07, 6.45) is 5.26. The summed E-state index contributed by atoms with van der Waals surface area (Å²) >= 11 is 0. The third-order valence-electron chi connectivity index (χ3n) is 3.83. The number of methoxy groups -OCH3 is 1. The van der Waals surface area contributed by atoms with Crippen LogP contribution in [0.5, 0.6) is 5.88 Å². The van der Waals surface area contributed by atoms with Gasteiger partial charge in [-0.1, -0.05) is 17.7 Å². The Bertz CT molecular complexity index is 724. The third-order valence-corrected chi connectivity index (χ3v) is 3.83. The highest BCUT2D eigenvalue weighted by Gasteiger charge is 2.17. The van der Waals surface area contributed by atoms with Crippen molar-refractivity contribution in [3.8, 4) is 5.88 Å². The molecular formula is C17H17F2N3O. The smallest absolute Gasteiger partial charge is 0.228 e. The second kappa shape index (κ2) is 6.73. The van der Waals surface area contributed by atoms with Crippen LogP contribution in [0.3, 0.4) is 0 Å². The lowest BCUT2D eigenvalue weighted by molar-refractivity contribution is 0.396. The van der Waals surface area contributed by atoms with Gasteiger partial charge in [0.1, 0.15) is 0 Å². The van der Waals surface area contributed by atoms with Gasteiger partial charge in [-0.2, -0.15) is 4.98 Å². The molecule has 0 N–H and O–H groups in total. The van der Waals surface area contributed by atoms with Crippen LogP contribution in [0.2, 0.25) is 0 Å². The minimum absolute atomic E-state index is 0.540. The second-order valence-electron chi connectivity index (χ2n) is 5.36. The molecule has 1 saturated heterocycles. The number of rotatable bonds is 3. The van der Waals surface area contributed by atoms with Crippen molar-refractivity contribution in [3.05, 3.63) is 53.2 Å². The monoisotopic (exact) mass is 317 g/mol. The number of halogens is 2. The molecule has 3 rings (SSSR count). The van der Waals surface area contributed by atoms with Crippen LogP contribution in [0.25, 0.3) is 6.08 Å². The maximum Gasteiger partial charge on any atom is 0.228 e. The molecule has 0 amide bonds. The zero-order valence-electron chi connectivity index (χ0n) is 12.8. The number of ether oxygens (including phenoxy) is 1. The Morgan fingerprint density at radius 2 is 1.91 bits per heavy atom. The lowest BCUT2D eigenvalue weighted by Crippen LogP contribution is -2.32. The molecule has 2 aromatic rings. The van der Waals surface area contributed by atoms with Crippen LogP contribution in [0.4, 0.5) is 14.7 Å². The molecule has 1 aliphatic heterocycles. The molecule has 1 fully saturated rings. The molecule has 4 nitrogen and oxygen atoms in total. The fraction of sp³-hybridized carbons (Fsp3) is 0.294. The Morgan fingerprint density at radius 1 is 1.13 bits per heavy atom. The molecule has 120 valence electrons. The van der Waals surface area contributed by atoms with Crippen molar-refractivity contribution in [3.63, 3.8) is 0 Å². The molecule has 1 aliphatic rings. The summed E-state index contributed by atoms with van der Waals surface area (Å²) in [6, 6.07) is 5.67. The molecule has 1 aromatic carbocycles. The molecule has 0 unspecified atom stereocenters. The SMILES string of the molecule is COc1ccnc(N2CCC(=Cc3ccc(F)c(F)c3)CC2)n1. The summed E-state index contributed by atoms with van der Waals surface area (Å²) in [7, 11) is 1.57. The van der Waals surface area contributed by atoms with Gasteiger partial charge in [-0.15, -0.1) is 0 Å². The van der Waals surface area contributed by atoms with Gasteiger partial charge in [0, 0.05) is 25.4 Å². The maximum atomic E-state index is 13.2. The molecule has 23 heavy (non-hydrogen) atoms. The standard InChI is InChI=1S/C17H17F2N3O/c1-23-16-4-7-20-17(21-16)22-8-5-12(6-9-22)10-13-2-3-14(18)15(19)11-13/h2-4,7,10-11H,5-6,8-9H2,1H3. The minimum Gasteiger partial charge on any atom is -0.481 e. The first kappa shape index (κ1) is 15.4. The number of anilines is 1. The number of nitrogens with zero attached hydrogens (tertiary/aromatic N) is 3. The van der Waals surface area contributed by atoms with E-state index in [4.69, 9.17) is 4.74 Å². The zero-order valence-corrected chi connectivity index (χ0v) is 12.8. The highest BCUT2D eigenvalue weighted by atomic mass is 19.2. The van der Waals surface area contributed by atoms with E-state index in [1.54, 1.807) is 25.4 Å². The van der Waals surface area contributed by atoms with E-state index in [1.807, 2.05) is 6.08 Å². The second-order valence-corrected chi connectivity index (χ2v) is 5.36. The van der Waals surface area contributed by atoms with Crippen molar-refractivity contribution in [1.29, 1.82) is 0 Å². The predicted molar refractivity (Wildman–Crippen MR) is 84.4 cm³/mol. The van der Waals surface area contributed by atoms with Crippen LogP contribution in [0, 0.1) is 11.6 Å². The van der Waals surface area contributed by atoms with E-state index >= 15 is 0 Å². The van der Waals surface area contributed by atoms with Crippen LogP contribution in [0.1, 0.15) is 18.4 Å². The average Bonchev–Trinajstić information content (AvgIpc) is 2.59. The van der Waals surface area contributed by atoms with Crippen molar-refractivity contribution < 1.29 is 13.5 Å². The third kappa shape index (κ3) is 3.64. The maximum absolute atomic E-state index is 13.2. The van der Waals surface area contributed by atoms with Crippen LogP contribution in [-0.2, 0) is 0 Å². The highest BCUT2D eigenvalue weighted by Crippen LogP contribution is 2.23. The molecule has 0 aliphatic carbocycles.